The van der Waals surface area contributed by atoms with Gasteiger partial charge in [0.1, 0.15) is 6.10 Å². The van der Waals surface area contributed by atoms with E-state index in [4.69, 9.17) is 5.73 Å². The van der Waals surface area contributed by atoms with Crippen molar-refractivity contribution in [2.45, 2.75) is 58.2 Å². The smallest absolute Gasteiger partial charge is 0.105 e. The molecule has 4 N–H and O–H groups in total. The average molecular weight is 265 g/mol. The molecular formula is C16H27NO2. The van der Waals surface area contributed by atoms with E-state index in [0.717, 1.165) is 16.7 Å². The maximum absolute atomic E-state index is 10.5. The molecule has 19 heavy (non-hydrogen) atoms. The molecular weight excluding hydrogens is 238 g/mol. The fourth-order valence-corrected chi connectivity index (χ4v) is 2.47. The van der Waals surface area contributed by atoms with Crippen LogP contribution in [0.25, 0.3) is 0 Å². The van der Waals surface area contributed by atoms with Crippen molar-refractivity contribution in [2.24, 2.45) is 5.73 Å². The molecule has 0 aliphatic rings. The van der Waals surface area contributed by atoms with Gasteiger partial charge in [-0.3, -0.25) is 0 Å². The second-order valence-corrected chi connectivity index (χ2v) is 5.75. The van der Waals surface area contributed by atoms with Crippen molar-refractivity contribution in [1.29, 1.82) is 0 Å². The molecule has 0 aliphatic heterocycles. The van der Waals surface area contributed by atoms with Crippen LogP contribution in [0.5, 0.6) is 0 Å². The highest BCUT2D eigenvalue weighted by molar-refractivity contribution is 5.41. The van der Waals surface area contributed by atoms with Crippen molar-refractivity contribution in [3.63, 3.8) is 0 Å². The predicted molar refractivity (Wildman–Crippen MR) is 79.3 cm³/mol. The first-order valence-electron chi connectivity index (χ1n) is 7.09. The Labute approximate surface area is 116 Å². The second kappa shape index (κ2) is 7.04. The zero-order valence-electron chi connectivity index (χ0n) is 12.4. The lowest BCUT2D eigenvalue weighted by Crippen LogP contribution is -2.24. The number of hydrogen-bond donors (Lipinski definition) is 3. The molecule has 0 fully saturated rings. The van der Waals surface area contributed by atoms with Crippen LogP contribution in [0.1, 0.15) is 68.7 Å². The monoisotopic (exact) mass is 265 g/mol. The molecule has 3 nitrogen and oxygen atoms in total. The van der Waals surface area contributed by atoms with Crippen LogP contribution in [0.15, 0.2) is 18.2 Å². The van der Waals surface area contributed by atoms with Crippen molar-refractivity contribution < 1.29 is 10.2 Å². The molecule has 2 unspecified atom stereocenters. The highest BCUT2D eigenvalue weighted by atomic mass is 16.3. The first-order valence-corrected chi connectivity index (χ1v) is 7.09. The number of hydrogen-bond acceptors (Lipinski definition) is 3. The summed E-state index contributed by atoms with van der Waals surface area (Å²) in [5.41, 5.74) is 8.57. The molecule has 1 aromatic carbocycles. The highest BCUT2D eigenvalue weighted by Crippen LogP contribution is 2.34. The molecule has 0 bridgehead atoms. The summed E-state index contributed by atoms with van der Waals surface area (Å²) in [7, 11) is 0. The topological polar surface area (TPSA) is 66.5 Å². The standard InChI is InChI=1S/C16H27NO2/c1-10(2)12-6-5-7-13(11(3)4)15(12)16(19)14(18)8-9-17/h5-7,10-11,14,16,18-19H,8-9,17H2,1-4H3. The molecule has 0 saturated heterocycles. The van der Waals surface area contributed by atoms with E-state index in [-0.39, 0.29) is 0 Å². The molecule has 3 heteroatoms. The Kier molecular flexibility index (Phi) is 5.98. The van der Waals surface area contributed by atoms with Crippen LogP contribution in [-0.2, 0) is 0 Å². The molecule has 2 atom stereocenters. The van der Waals surface area contributed by atoms with Crippen molar-refractivity contribution in [3.05, 3.63) is 34.9 Å². The maximum Gasteiger partial charge on any atom is 0.105 e. The largest absolute Gasteiger partial charge is 0.390 e. The lowest BCUT2D eigenvalue weighted by Gasteiger charge is -2.26. The SMILES string of the molecule is CC(C)c1cccc(C(C)C)c1C(O)C(O)CCN. The number of nitrogens with two attached hydrogens (primary N) is 1. The minimum absolute atomic E-state index is 0.313. The zero-order chi connectivity index (χ0) is 14.6. The van der Waals surface area contributed by atoms with E-state index in [9.17, 15) is 10.2 Å². The zero-order valence-corrected chi connectivity index (χ0v) is 12.4. The predicted octanol–water partition coefficient (Wildman–Crippen LogP) is 2.68. The van der Waals surface area contributed by atoms with Crippen LogP contribution < -0.4 is 5.73 Å². The van der Waals surface area contributed by atoms with Gasteiger partial charge in [-0.1, -0.05) is 45.9 Å². The van der Waals surface area contributed by atoms with E-state index in [1.165, 1.54) is 0 Å². The Bertz CT molecular complexity index is 375. The third-order valence-corrected chi connectivity index (χ3v) is 3.54. The minimum Gasteiger partial charge on any atom is -0.390 e. The molecule has 108 valence electrons. The Morgan fingerprint density at radius 3 is 1.84 bits per heavy atom. The normalized spacial score (nSPS) is 15.0. The van der Waals surface area contributed by atoms with Gasteiger partial charge in [-0.05, 0) is 41.5 Å². The van der Waals surface area contributed by atoms with Gasteiger partial charge in [0.15, 0.2) is 0 Å². The summed E-state index contributed by atoms with van der Waals surface area (Å²) in [6.45, 7) is 8.78. The van der Waals surface area contributed by atoms with Crippen LogP contribution in [0, 0.1) is 0 Å². The van der Waals surface area contributed by atoms with Gasteiger partial charge in [-0.25, -0.2) is 0 Å². The summed E-state index contributed by atoms with van der Waals surface area (Å²) in [4.78, 5) is 0. The molecule has 1 aromatic rings. The number of aliphatic hydroxyl groups excluding tert-OH is 2. The second-order valence-electron chi connectivity index (χ2n) is 5.75. The van der Waals surface area contributed by atoms with Crippen LogP contribution >= 0.6 is 0 Å². The highest BCUT2D eigenvalue weighted by Gasteiger charge is 2.25. The van der Waals surface area contributed by atoms with E-state index in [1.807, 2.05) is 18.2 Å². The number of rotatable bonds is 6. The third kappa shape index (κ3) is 3.78. The lowest BCUT2D eigenvalue weighted by atomic mass is 9.84. The third-order valence-electron chi connectivity index (χ3n) is 3.54. The van der Waals surface area contributed by atoms with Gasteiger partial charge < -0.3 is 15.9 Å². The summed E-state index contributed by atoms with van der Waals surface area (Å²) >= 11 is 0. The van der Waals surface area contributed by atoms with Gasteiger partial charge in [0, 0.05) is 0 Å². The molecule has 1 rings (SSSR count). The Hall–Kier alpha value is -0.900. The van der Waals surface area contributed by atoms with Crippen LogP contribution in [0.2, 0.25) is 0 Å². The van der Waals surface area contributed by atoms with Crippen molar-refractivity contribution in [1.82, 2.24) is 0 Å². The molecule has 0 amide bonds. The van der Waals surface area contributed by atoms with Crippen molar-refractivity contribution >= 4 is 0 Å². The van der Waals surface area contributed by atoms with Crippen molar-refractivity contribution in [2.75, 3.05) is 6.54 Å². The van der Waals surface area contributed by atoms with E-state index in [2.05, 4.69) is 27.7 Å². The molecule has 0 radical (unpaired) electrons. The Morgan fingerprint density at radius 1 is 1.00 bits per heavy atom. The van der Waals surface area contributed by atoms with Gasteiger partial charge in [-0.15, -0.1) is 0 Å². The number of aliphatic hydroxyl groups is 2. The molecule has 0 aliphatic carbocycles. The van der Waals surface area contributed by atoms with Gasteiger partial charge in [0.05, 0.1) is 6.10 Å². The fraction of sp³-hybridized carbons (Fsp3) is 0.625. The summed E-state index contributed by atoms with van der Waals surface area (Å²) in [6, 6.07) is 6.09. The van der Waals surface area contributed by atoms with Gasteiger partial charge in [-0.2, -0.15) is 0 Å². The molecule has 0 saturated carbocycles. The summed E-state index contributed by atoms with van der Waals surface area (Å²) in [5.74, 6) is 0.627. The van der Waals surface area contributed by atoms with Gasteiger partial charge >= 0.3 is 0 Å². The quantitative estimate of drug-likeness (QED) is 0.741. The Balaban J connectivity index is 3.28. The summed E-state index contributed by atoms with van der Waals surface area (Å²) in [5, 5.41) is 20.5. The first kappa shape index (κ1) is 16.2. The van der Waals surface area contributed by atoms with Gasteiger partial charge in [0.25, 0.3) is 0 Å². The van der Waals surface area contributed by atoms with Crippen LogP contribution in [0.4, 0.5) is 0 Å². The lowest BCUT2D eigenvalue weighted by molar-refractivity contribution is 0.0137. The van der Waals surface area contributed by atoms with E-state index >= 15 is 0 Å². The molecule has 0 heterocycles. The maximum atomic E-state index is 10.5. The average Bonchev–Trinajstić information content (AvgIpc) is 2.36. The van der Waals surface area contributed by atoms with E-state index in [1.54, 1.807) is 0 Å². The summed E-state index contributed by atoms with van der Waals surface area (Å²) in [6.07, 6.45) is -1.26. The molecule has 0 aromatic heterocycles. The first-order chi connectivity index (χ1) is 8.90. The van der Waals surface area contributed by atoms with Crippen LogP contribution in [-0.4, -0.2) is 22.9 Å². The number of benzene rings is 1. The Morgan fingerprint density at radius 2 is 1.47 bits per heavy atom. The summed E-state index contributed by atoms with van der Waals surface area (Å²) < 4.78 is 0. The molecule has 0 spiro atoms. The van der Waals surface area contributed by atoms with Gasteiger partial charge in [0.2, 0.25) is 0 Å². The van der Waals surface area contributed by atoms with Crippen LogP contribution in [0.3, 0.4) is 0 Å². The van der Waals surface area contributed by atoms with E-state index in [0.29, 0.717) is 24.8 Å². The minimum atomic E-state index is -0.862. The fourth-order valence-electron chi connectivity index (χ4n) is 2.47. The van der Waals surface area contributed by atoms with Crippen molar-refractivity contribution in [3.8, 4) is 0 Å². The van der Waals surface area contributed by atoms with E-state index < -0.39 is 12.2 Å².